The van der Waals surface area contributed by atoms with E-state index in [0.717, 1.165) is 6.42 Å². The predicted molar refractivity (Wildman–Crippen MR) is 84.0 cm³/mol. The first kappa shape index (κ1) is 19.0. The lowest BCUT2D eigenvalue weighted by molar-refractivity contribution is 0.0474. The fourth-order valence-corrected chi connectivity index (χ4v) is 1.85. The molecule has 1 N–H and O–H groups in total. The zero-order chi connectivity index (χ0) is 17.6. The number of esters is 1. The topological polar surface area (TPSA) is 90.7 Å². The Morgan fingerprint density at radius 1 is 1.35 bits per heavy atom. The molecule has 2 atom stereocenters. The molecule has 0 aliphatic heterocycles. The molecule has 0 bridgehead atoms. The van der Waals surface area contributed by atoms with Gasteiger partial charge in [0.25, 0.3) is 0 Å². The van der Waals surface area contributed by atoms with Crippen LogP contribution >= 0.6 is 0 Å². The summed E-state index contributed by atoms with van der Waals surface area (Å²) in [6.07, 6.45) is 1.47. The van der Waals surface area contributed by atoms with Gasteiger partial charge >= 0.3 is 12.1 Å². The van der Waals surface area contributed by atoms with Gasteiger partial charge < -0.3 is 19.2 Å². The van der Waals surface area contributed by atoms with Gasteiger partial charge in [-0.3, -0.25) is 0 Å². The first-order valence-electron chi connectivity index (χ1n) is 7.80. The molecule has 0 radical (unpaired) electrons. The zero-order valence-electron chi connectivity index (χ0n) is 14.6. The van der Waals surface area contributed by atoms with Gasteiger partial charge in [-0.1, -0.05) is 20.3 Å². The van der Waals surface area contributed by atoms with Crippen LogP contribution in [0.5, 0.6) is 0 Å². The van der Waals surface area contributed by atoms with E-state index in [2.05, 4.69) is 10.3 Å². The van der Waals surface area contributed by atoms with Crippen molar-refractivity contribution < 1.29 is 23.5 Å². The van der Waals surface area contributed by atoms with E-state index in [1.165, 1.54) is 6.26 Å². The molecular formula is C16H26N2O5. The van der Waals surface area contributed by atoms with E-state index >= 15 is 0 Å². The minimum absolute atomic E-state index is 0.0520. The molecule has 0 aromatic carbocycles. The molecule has 7 nitrogen and oxygen atoms in total. The van der Waals surface area contributed by atoms with Gasteiger partial charge in [-0.2, -0.15) is 0 Å². The lowest BCUT2D eigenvalue weighted by Gasteiger charge is -2.25. The Morgan fingerprint density at radius 2 is 2.00 bits per heavy atom. The van der Waals surface area contributed by atoms with Gasteiger partial charge in [-0.15, -0.1) is 0 Å². The molecule has 1 aromatic rings. The summed E-state index contributed by atoms with van der Waals surface area (Å²) in [5, 5.41) is 2.76. The number of hydrogen-bond donors (Lipinski definition) is 1. The van der Waals surface area contributed by atoms with Gasteiger partial charge in [-0.25, -0.2) is 14.6 Å². The predicted octanol–water partition coefficient (Wildman–Crippen LogP) is 3.46. The van der Waals surface area contributed by atoms with Crippen LogP contribution in [0, 0.1) is 5.92 Å². The quantitative estimate of drug-likeness (QED) is 0.805. The van der Waals surface area contributed by atoms with Crippen LogP contribution in [0.25, 0.3) is 0 Å². The van der Waals surface area contributed by atoms with Crippen molar-refractivity contribution in [1.29, 1.82) is 0 Å². The standard InChI is InChI=1S/C16H26N2O5/c1-7-10(3)12(18-15(20)23-16(4,5)6)13-17-11(9-22-13)14(19)21-8-2/h9-10,12H,7-8H2,1-6H3,(H,18,20)/t10-,12-/m0/s1. The molecular weight excluding hydrogens is 300 g/mol. The zero-order valence-corrected chi connectivity index (χ0v) is 14.6. The van der Waals surface area contributed by atoms with Crippen LogP contribution in [-0.4, -0.2) is 29.3 Å². The summed E-state index contributed by atoms with van der Waals surface area (Å²) in [5.41, 5.74) is -0.516. The second-order valence-corrected chi connectivity index (χ2v) is 6.30. The number of amides is 1. The fraction of sp³-hybridized carbons (Fsp3) is 0.688. The molecule has 23 heavy (non-hydrogen) atoms. The van der Waals surface area contributed by atoms with Crippen molar-refractivity contribution in [2.45, 2.75) is 59.6 Å². The third-order valence-electron chi connectivity index (χ3n) is 3.16. The highest BCUT2D eigenvalue weighted by Gasteiger charge is 2.28. The number of ether oxygens (including phenoxy) is 2. The Labute approximate surface area is 136 Å². The fourth-order valence-electron chi connectivity index (χ4n) is 1.85. The van der Waals surface area contributed by atoms with Crippen LogP contribution in [0.4, 0.5) is 4.79 Å². The molecule has 0 aliphatic carbocycles. The van der Waals surface area contributed by atoms with E-state index in [4.69, 9.17) is 13.9 Å². The van der Waals surface area contributed by atoms with E-state index in [1.54, 1.807) is 27.7 Å². The number of rotatable bonds is 6. The third kappa shape index (κ3) is 5.92. The first-order valence-corrected chi connectivity index (χ1v) is 7.80. The minimum atomic E-state index is -0.600. The molecule has 0 spiro atoms. The number of nitrogens with zero attached hydrogens (tertiary/aromatic N) is 1. The maximum atomic E-state index is 12.0. The lowest BCUT2D eigenvalue weighted by Crippen LogP contribution is -2.37. The molecule has 7 heteroatoms. The molecule has 0 unspecified atom stereocenters. The Bertz CT molecular complexity index is 533. The average molecular weight is 326 g/mol. The van der Waals surface area contributed by atoms with Crippen molar-refractivity contribution in [1.82, 2.24) is 10.3 Å². The van der Waals surface area contributed by atoms with Gasteiger partial charge in [0.05, 0.1) is 6.61 Å². The van der Waals surface area contributed by atoms with E-state index in [0.29, 0.717) is 0 Å². The highest BCUT2D eigenvalue weighted by molar-refractivity contribution is 5.86. The Hall–Kier alpha value is -2.05. The molecule has 0 saturated heterocycles. The maximum Gasteiger partial charge on any atom is 0.408 e. The number of carbonyl (C=O) groups excluding carboxylic acids is 2. The number of carbonyl (C=O) groups is 2. The number of aromatic nitrogens is 1. The number of oxazole rings is 1. The van der Waals surface area contributed by atoms with Crippen molar-refractivity contribution >= 4 is 12.1 Å². The number of nitrogens with one attached hydrogen (secondary N) is 1. The Morgan fingerprint density at radius 3 is 2.52 bits per heavy atom. The molecule has 0 aliphatic rings. The monoisotopic (exact) mass is 326 g/mol. The summed E-state index contributed by atoms with van der Waals surface area (Å²) >= 11 is 0. The Balaban J connectivity index is 2.90. The largest absolute Gasteiger partial charge is 0.461 e. The van der Waals surface area contributed by atoms with Crippen molar-refractivity contribution in [3.8, 4) is 0 Å². The normalized spacial score (nSPS) is 14.0. The van der Waals surface area contributed by atoms with Crippen LogP contribution in [0.15, 0.2) is 10.7 Å². The van der Waals surface area contributed by atoms with Crippen molar-refractivity contribution in [2.75, 3.05) is 6.61 Å². The van der Waals surface area contributed by atoms with E-state index in [-0.39, 0.29) is 24.1 Å². The summed E-state index contributed by atoms with van der Waals surface area (Å²) in [5.74, 6) is -0.243. The van der Waals surface area contributed by atoms with E-state index in [1.807, 2.05) is 13.8 Å². The molecule has 1 rings (SSSR count). The van der Waals surface area contributed by atoms with Crippen LogP contribution in [-0.2, 0) is 9.47 Å². The molecule has 1 amide bonds. The van der Waals surface area contributed by atoms with Crippen LogP contribution in [0.3, 0.4) is 0 Å². The van der Waals surface area contributed by atoms with Crippen molar-refractivity contribution in [3.63, 3.8) is 0 Å². The summed E-state index contributed by atoms with van der Waals surface area (Å²) in [4.78, 5) is 27.8. The lowest BCUT2D eigenvalue weighted by atomic mass is 9.99. The van der Waals surface area contributed by atoms with Gasteiger partial charge in [-0.05, 0) is 33.6 Å². The molecule has 1 heterocycles. The van der Waals surface area contributed by atoms with Crippen molar-refractivity contribution in [2.24, 2.45) is 5.92 Å². The average Bonchev–Trinajstić information content (AvgIpc) is 2.92. The molecule has 130 valence electrons. The first-order chi connectivity index (χ1) is 10.7. The SMILES string of the molecule is CCOC(=O)c1coc([C@@H](NC(=O)OC(C)(C)C)[C@@H](C)CC)n1. The van der Waals surface area contributed by atoms with Gasteiger partial charge in [0.1, 0.15) is 17.9 Å². The molecule has 0 fully saturated rings. The smallest absolute Gasteiger partial charge is 0.408 e. The summed E-state index contributed by atoms with van der Waals surface area (Å²) in [6, 6.07) is -0.488. The summed E-state index contributed by atoms with van der Waals surface area (Å²) < 4.78 is 15.5. The second kappa shape index (κ2) is 7.99. The minimum Gasteiger partial charge on any atom is -0.461 e. The second-order valence-electron chi connectivity index (χ2n) is 6.30. The Kier molecular flexibility index (Phi) is 6.60. The summed E-state index contributed by atoms with van der Waals surface area (Å²) in [6.45, 7) is 11.3. The highest BCUT2D eigenvalue weighted by atomic mass is 16.6. The summed E-state index contributed by atoms with van der Waals surface area (Å²) in [7, 11) is 0. The third-order valence-corrected chi connectivity index (χ3v) is 3.16. The van der Waals surface area contributed by atoms with Crippen LogP contribution < -0.4 is 5.32 Å². The van der Waals surface area contributed by atoms with Crippen LogP contribution in [0.2, 0.25) is 0 Å². The molecule has 1 aromatic heterocycles. The van der Waals surface area contributed by atoms with Gasteiger partial charge in [0, 0.05) is 0 Å². The maximum absolute atomic E-state index is 12.0. The van der Waals surface area contributed by atoms with Crippen molar-refractivity contribution in [3.05, 3.63) is 17.8 Å². The number of alkyl carbamates (subject to hydrolysis) is 1. The van der Waals surface area contributed by atoms with E-state index < -0.39 is 23.7 Å². The van der Waals surface area contributed by atoms with E-state index in [9.17, 15) is 9.59 Å². The van der Waals surface area contributed by atoms with Crippen LogP contribution in [0.1, 0.15) is 70.4 Å². The molecule has 0 saturated carbocycles. The highest BCUT2D eigenvalue weighted by Crippen LogP contribution is 2.24. The number of hydrogen-bond acceptors (Lipinski definition) is 6. The van der Waals surface area contributed by atoms with Gasteiger partial charge in [0.15, 0.2) is 5.69 Å². The van der Waals surface area contributed by atoms with Gasteiger partial charge in [0.2, 0.25) is 5.89 Å².